The van der Waals surface area contributed by atoms with E-state index in [9.17, 15) is 0 Å². The molecule has 0 heterocycles. The second kappa shape index (κ2) is 4.92. The van der Waals surface area contributed by atoms with Crippen LogP contribution in [-0.2, 0) is 0 Å². The summed E-state index contributed by atoms with van der Waals surface area (Å²) >= 11 is 1.52. The number of hydrogen-bond donors (Lipinski definition) is 0. The number of aryl methyl sites for hydroxylation is 1. The third-order valence-corrected chi connectivity index (χ3v) is 3.02. The molecule has 14 heavy (non-hydrogen) atoms. The number of nitrogens with zero attached hydrogens (tertiary/aromatic N) is 1. The number of ether oxygens (including phenoxy) is 1. The highest BCUT2D eigenvalue weighted by atomic mass is 32.2. The predicted octanol–water partition coefficient (Wildman–Crippen LogP) is 3.28. The van der Waals surface area contributed by atoms with Crippen LogP contribution in [0.3, 0.4) is 0 Å². The van der Waals surface area contributed by atoms with Crippen molar-refractivity contribution >= 4 is 11.8 Å². The molecule has 0 amide bonds. The first-order chi connectivity index (χ1) is 6.70. The Balaban J connectivity index is 3.05. The van der Waals surface area contributed by atoms with Crippen molar-refractivity contribution in [1.82, 2.24) is 0 Å². The molecular weight excluding hydrogens is 194 g/mol. The molecule has 74 valence electrons. The van der Waals surface area contributed by atoms with E-state index >= 15 is 0 Å². The standard InChI is InChI=1S/C11H13NOS/c1-8-5-6-10(14-7-12-3)11(13-4)9(8)2/h5-6H,7H2,1-2,4H3. The van der Waals surface area contributed by atoms with E-state index in [1.165, 1.54) is 17.3 Å². The lowest BCUT2D eigenvalue weighted by atomic mass is 10.1. The monoisotopic (exact) mass is 207 g/mol. The van der Waals surface area contributed by atoms with E-state index in [0.717, 1.165) is 16.2 Å². The van der Waals surface area contributed by atoms with Crippen molar-refractivity contribution in [3.8, 4) is 5.75 Å². The van der Waals surface area contributed by atoms with Gasteiger partial charge in [-0.1, -0.05) is 6.07 Å². The quantitative estimate of drug-likeness (QED) is 0.557. The molecule has 0 fully saturated rings. The van der Waals surface area contributed by atoms with Gasteiger partial charge >= 0.3 is 0 Å². The zero-order valence-electron chi connectivity index (χ0n) is 8.63. The summed E-state index contributed by atoms with van der Waals surface area (Å²) in [5, 5.41) is 0. The highest BCUT2D eigenvalue weighted by Gasteiger charge is 2.09. The minimum Gasteiger partial charge on any atom is -0.495 e. The van der Waals surface area contributed by atoms with E-state index in [0.29, 0.717) is 5.88 Å². The van der Waals surface area contributed by atoms with Gasteiger partial charge in [0.05, 0.1) is 12.0 Å². The zero-order valence-corrected chi connectivity index (χ0v) is 9.44. The molecule has 0 N–H and O–H groups in total. The Morgan fingerprint density at radius 3 is 2.71 bits per heavy atom. The molecule has 1 rings (SSSR count). The average Bonchev–Trinajstić information content (AvgIpc) is 2.20. The lowest BCUT2D eigenvalue weighted by molar-refractivity contribution is 0.401. The summed E-state index contributed by atoms with van der Waals surface area (Å²) in [7, 11) is 1.67. The zero-order chi connectivity index (χ0) is 10.6. The molecule has 0 atom stereocenters. The molecule has 0 aliphatic carbocycles. The first kappa shape index (κ1) is 10.9. The van der Waals surface area contributed by atoms with Crippen LogP contribution in [0, 0.1) is 20.4 Å². The molecule has 3 heteroatoms. The van der Waals surface area contributed by atoms with E-state index in [-0.39, 0.29) is 0 Å². The second-order valence-corrected chi connectivity index (χ2v) is 3.96. The van der Waals surface area contributed by atoms with Crippen LogP contribution in [0.2, 0.25) is 0 Å². The summed E-state index contributed by atoms with van der Waals surface area (Å²) in [6.07, 6.45) is 0. The molecular formula is C11H13NOS. The molecule has 1 aromatic carbocycles. The third-order valence-electron chi connectivity index (χ3n) is 2.13. The third kappa shape index (κ3) is 2.21. The van der Waals surface area contributed by atoms with Gasteiger partial charge in [-0.05, 0) is 42.8 Å². The summed E-state index contributed by atoms with van der Waals surface area (Å²) in [5.41, 5.74) is 2.37. The van der Waals surface area contributed by atoms with Gasteiger partial charge in [0, 0.05) is 0 Å². The van der Waals surface area contributed by atoms with Gasteiger partial charge in [0.2, 0.25) is 0 Å². The van der Waals surface area contributed by atoms with Crippen LogP contribution in [0.5, 0.6) is 5.75 Å². The Hall–Kier alpha value is -1.14. The summed E-state index contributed by atoms with van der Waals surface area (Å²) in [6, 6.07) is 4.07. The fourth-order valence-electron chi connectivity index (χ4n) is 1.23. The van der Waals surface area contributed by atoms with E-state index in [4.69, 9.17) is 11.3 Å². The summed E-state index contributed by atoms with van der Waals surface area (Å²) in [4.78, 5) is 4.36. The molecule has 0 aromatic heterocycles. The Labute approximate surface area is 89.1 Å². The van der Waals surface area contributed by atoms with Crippen LogP contribution in [0.4, 0.5) is 0 Å². The highest BCUT2D eigenvalue weighted by molar-refractivity contribution is 7.99. The number of methoxy groups -OCH3 is 1. The number of thioether (sulfide) groups is 1. The van der Waals surface area contributed by atoms with Crippen molar-refractivity contribution in [3.05, 3.63) is 34.7 Å². The smallest absolute Gasteiger partial charge is 0.264 e. The van der Waals surface area contributed by atoms with Crippen LogP contribution < -0.4 is 4.74 Å². The number of benzene rings is 1. The van der Waals surface area contributed by atoms with E-state index < -0.39 is 0 Å². The maximum absolute atomic E-state index is 6.74. The minimum atomic E-state index is 0.443. The van der Waals surface area contributed by atoms with Crippen LogP contribution in [0.15, 0.2) is 17.0 Å². The van der Waals surface area contributed by atoms with Crippen molar-refractivity contribution < 1.29 is 4.74 Å². The van der Waals surface area contributed by atoms with Crippen LogP contribution >= 0.6 is 11.8 Å². The number of hydrogen-bond acceptors (Lipinski definition) is 2. The molecule has 0 aliphatic heterocycles. The van der Waals surface area contributed by atoms with Crippen molar-refractivity contribution in [2.24, 2.45) is 0 Å². The van der Waals surface area contributed by atoms with Gasteiger partial charge < -0.3 is 9.58 Å². The fourth-order valence-corrected chi connectivity index (χ4v) is 1.97. The van der Waals surface area contributed by atoms with Crippen LogP contribution in [-0.4, -0.2) is 13.0 Å². The minimum absolute atomic E-state index is 0.443. The summed E-state index contributed by atoms with van der Waals surface area (Å²) < 4.78 is 5.33. The van der Waals surface area contributed by atoms with Crippen molar-refractivity contribution in [2.75, 3.05) is 13.0 Å². The summed E-state index contributed by atoms with van der Waals surface area (Å²) in [5.74, 6) is 1.34. The van der Waals surface area contributed by atoms with Gasteiger partial charge in [-0.25, -0.2) is 6.57 Å². The molecule has 0 saturated heterocycles. The molecule has 0 spiro atoms. The van der Waals surface area contributed by atoms with Gasteiger partial charge in [0.1, 0.15) is 5.75 Å². The largest absolute Gasteiger partial charge is 0.495 e. The van der Waals surface area contributed by atoms with Gasteiger partial charge in [-0.3, -0.25) is 0 Å². The Bertz CT molecular complexity index is 368. The maximum Gasteiger partial charge on any atom is 0.264 e. The topological polar surface area (TPSA) is 13.6 Å². The molecule has 0 radical (unpaired) electrons. The maximum atomic E-state index is 6.74. The highest BCUT2D eigenvalue weighted by Crippen LogP contribution is 2.33. The van der Waals surface area contributed by atoms with Crippen LogP contribution in [0.25, 0.3) is 4.85 Å². The predicted molar refractivity (Wildman–Crippen MR) is 59.8 cm³/mol. The average molecular weight is 207 g/mol. The van der Waals surface area contributed by atoms with E-state index in [2.05, 4.69) is 17.8 Å². The molecule has 1 aromatic rings. The lowest BCUT2D eigenvalue weighted by Gasteiger charge is -2.10. The van der Waals surface area contributed by atoms with Crippen molar-refractivity contribution in [1.29, 1.82) is 0 Å². The Morgan fingerprint density at radius 2 is 2.14 bits per heavy atom. The van der Waals surface area contributed by atoms with Gasteiger partial charge in [-0.15, -0.1) is 0 Å². The number of rotatable bonds is 3. The molecule has 0 saturated carbocycles. The fraction of sp³-hybridized carbons (Fsp3) is 0.364. The first-order valence-corrected chi connectivity index (χ1v) is 5.29. The van der Waals surface area contributed by atoms with E-state index in [1.54, 1.807) is 7.11 Å². The lowest BCUT2D eigenvalue weighted by Crippen LogP contribution is -1.92. The molecule has 2 nitrogen and oxygen atoms in total. The molecule has 0 aliphatic rings. The normalized spacial score (nSPS) is 9.57. The van der Waals surface area contributed by atoms with E-state index in [1.807, 2.05) is 13.0 Å². The van der Waals surface area contributed by atoms with Gasteiger partial charge in [0.15, 0.2) is 0 Å². The molecule has 0 bridgehead atoms. The Kier molecular flexibility index (Phi) is 3.84. The molecule has 0 unspecified atom stereocenters. The van der Waals surface area contributed by atoms with Gasteiger partial charge in [0.25, 0.3) is 5.88 Å². The van der Waals surface area contributed by atoms with Crippen molar-refractivity contribution in [2.45, 2.75) is 18.7 Å². The van der Waals surface area contributed by atoms with Crippen molar-refractivity contribution in [3.63, 3.8) is 0 Å². The second-order valence-electron chi connectivity index (χ2n) is 2.97. The van der Waals surface area contributed by atoms with Gasteiger partial charge in [-0.2, -0.15) is 0 Å². The van der Waals surface area contributed by atoms with Crippen LogP contribution in [0.1, 0.15) is 11.1 Å². The Morgan fingerprint density at radius 1 is 1.43 bits per heavy atom. The SMILES string of the molecule is [C-]#[N+]CSc1ccc(C)c(C)c1OC. The summed E-state index contributed by atoms with van der Waals surface area (Å²) in [6.45, 7) is 10.8. The first-order valence-electron chi connectivity index (χ1n) is 4.31.